The summed E-state index contributed by atoms with van der Waals surface area (Å²) >= 11 is 0. The van der Waals surface area contributed by atoms with Crippen molar-refractivity contribution < 1.29 is 34.3 Å². The SMILES string of the molecule is C=Cc1cn([C@]2(C(=O)OCCC(C)(C)OC)O[C@H](CO)[C@@H](O)[C@H]2O)c(=O)nc1N. The van der Waals surface area contributed by atoms with E-state index in [0.29, 0.717) is 11.0 Å². The van der Waals surface area contributed by atoms with Gasteiger partial charge in [0.05, 0.1) is 18.8 Å². The Morgan fingerprint density at radius 2 is 2.17 bits per heavy atom. The summed E-state index contributed by atoms with van der Waals surface area (Å²) < 4.78 is 16.7. The molecular weight excluding hydrogens is 386 g/mol. The molecule has 0 aliphatic carbocycles. The first-order valence-electron chi connectivity index (χ1n) is 8.93. The van der Waals surface area contributed by atoms with Gasteiger partial charge in [-0.05, 0) is 13.8 Å². The van der Waals surface area contributed by atoms with Crippen LogP contribution in [0.25, 0.3) is 6.08 Å². The lowest BCUT2D eigenvalue weighted by molar-refractivity contribution is -0.203. The molecule has 0 amide bonds. The Balaban J connectivity index is 2.51. The molecule has 0 unspecified atom stereocenters. The highest BCUT2D eigenvalue weighted by atomic mass is 16.6. The number of methoxy groups -OCH3 is 1. The summed E-state index contributed by atoms with van der Waals surface area (Å²) in [7, 11) is 1.51. The molecule has 0 saturated carbocycles. The summed E-state index contributed by atoms with van der Waals surface area (Å²) in [4.78, 5) is 29.1. The molecule has 1 aromatic heterocycles. The van der Waals surface area contributed by atoms with Crippen molar-refractivity contribution in [3.05, 3.63) is 28.8 Å². The molecule has 2 rings (SSSR count). The maximum absolute atomic E-state index is 13.0. The Bertz CT molecular complexity index is 824. The quantitative estimate of drug-likeness (QED) is 0.372. The Labute approximate surface area is 167 Å². The summed E-state index contributed by atoms with van der Waals surface area (Å²) in [5, 5.41) is 30.3. The van der Waals surface area contributed by atoms with Crippen molar-refractivity contribution in [1.82, 2.24) is 9.55 Å². The van der Waals surface area contributed by atoms with Gasteiger partial charge in [-0.1, -0.05) is 12.7 Å². The molecular formula is C18H27N3O8. The van der Waals surface area contributed by atoms with Gasteiger partial charge >= 0.3 is 11.7 Å². The first-order chi connectivity index (χ1) is 13.5. The lowest BCUT2D eigenvalue weighted by Crippen LogP contribution is -2.56. The standard InChI is InChI=1S/C18H27N3O8/c1-5-10-8-21(16(26)20-14(10)19)18(13(24)12(23)11(9-22)29-18)15(25)28-7-6-17(2,3)27-4/h5,8,11-13,22-24H,1,6-7,9H2,2-4H3,(H2,19,20,26)/t11-,12-,13-,18+/m1/s1. The molecule has 1 fully saturated rings. The van der Waals surface area contributed by atoms with E-state index in [1.807, 2.05) is 0 Å². The van der Waals surface area contributed by atoms with E-state index in [1.54, 1.807) is 13.8 Å². The topological polar surface area (TPSA) is 166 Å². The van der Waals surface area contributed by atoms with Gasteiger partial charge in [-0.15, -0.1) is 0 Å². The van der Waals surface area contributed by atoms with Gasteiger partial charge in [-0.2, -0.15) is 4.98 Å². The second-order valence-electron chi connectivity index (χ2n) is 7.26. The third kappa shape index (κ3) is 4.19. The monoisotopic (exact) mass is 413 g/mol. The number of nitrogen functional groups attached to an aromatic ring is 1. The number of nitrogens with zero attached hydrogens (tertiary/aromatic N) is 2. The molecule has 0 bridgehead atoms. The van der Waals surface area contributed by atoms with Crippen LogP contribution < -0.4 is 11.4 Å². The smallest absolute Gasteiger partial charge is 0.363 e. The van der Waals surface area contributed by atoms with Crippen molar-refractivity contribution in [2.24, 2.45) is 0 Å². The van der Waals surface area contributed by atoms with Crippen molar-refractivity contribution in [1.29, 1.82) is 0 Å². The van der Waals surface area contributed by atoms with Crippen molar-refractivity contribution in [3.63, 3.8) is 0 Å². The van der Waals surface area contributed by atoms with Crippen LogP contribution in [0, 0.1) is 0 Å². The molecule has 29 heavy (non-hydrogen) atoms. The van der Waals surface area contributed by atoms with E-state index in [9.17, 15) is 24.9 Å². The van der Waals surface area contributed by atoms with Crippen LogP contribution >= 0.6 is 0 Å². The summed E-state index contributed by atoms with van der Waals surface area (Å²) in [6, 6.07) is 0. The Kier molecular flexibility index (Phi) is 6.81. The predicted octanol–water partition coefficient (Wildman–Crippen LogP) is -1.41. The number of carbonyl (C=O) groups excluding carboxylic acids is 1. The highest BCUT2D eigenvalue weighted by molar-refractivity contribution is 5.79. The van der Waals surface area contributed by atoms with E-state index < -0.39 is 47.9 Å². The number of nitrogens with two attached hydrogens (primary N) is 1. The molecule has 0 spiro atoms. The van der Waals surface area contributed by atoms with Gasteiger partial charge in [0.25, 0.3) is 5.72 Å². The van der Waals surface area contributed by atoms with Gasteiger partial charge in [0.2, 0.25) is 0 Å². The van der Waals surface area contributed by atoms with Crippen LogP contribution in [-0.2, 0) is 24.7 Å². The fraction of sp³-hybridized carbons (Fsp3) is 0.611. The molecule has 11 nitrogen and oxygen atoms in total. The van der Waals surface area contributed by atoms with Crippen molar-refractivity contribution >= 4 is 17.9 Å². The van der Waals surface area contributed by atoms with Crippen LogP contribution in [-0.4, -0.2) is 75.1 Å². The number of ether oxygens (including phenoxy) is 3. The van der Waals surface area contributed by atoms with Gasteiger partial charge in [-0.25, -0.2) is 9.59 Å². The molecule has 2 heterocycles. The highest BCUT2D eigenvalue weighted by Gasteiger charge is 2.62. The lowest BCUT2D eigenvalue weighted by atomic mass is 10.0. The van der Waals surface area contributed by atoms with Gasteiger partial charge in [-0.3, -0.25) is 4.57 Å². The molecule has 11 heteroatoms. The fourth-order valence-corrected chi connectivity index (χ4v) is 2.89. The molecule has 1 aliphatic heterocycles. The van der Waals surface area contributed by atoms with E-state index in [4.69, 9.17) is 19.9 Å². The number of anilines is 1. The Morgan fingerprint density at radius 3 is 2.69 bits per heavy atom. The summed E-state index contributed by atoms with van der Waals surface area (Å²) in [5.41, 5.74) is 1.76. The number of aromatic nitrogens is 2. The van der Waals surface area contributed by atoms with Crippen molar-refractivity contribution in [2.45, 2.75) is 49.9 Å². The Morgan fingerprint density at radius 1 is 1.52 bits per heavy atom. The Hall–Kier alpha value is -2.31. The zero-order chi connectivity index (χ0) is 22.0. The molecule has 0 aromatic carbocycles. The van der Waals surface area contributed by atoms with E-state index in [0.717, 1.165) is 6.20 Å². The van der Waals surface area contributed by atoms with Gasteiger partial charge in [0.15, 0.2) is 0 Å². The molecule has 1 saturated heterocycles. The number of hydrogen-bond acceptors (Lipinski definition) is 10. The minimum absolute atomic E-state index is 0.122. The number of esters is 1. The average Bonchev–Trinajstić information content (AvgIpc) is 2.93. The number of aliphatic hydroxyl groups is 3. The van der Waals surface area contributed by atoms with Crippen LogP contribution in [0.2, 0.25) is 0 Å². The van der Waals surface area contributed by atoms with Gasteiger partial charge < -0.3 is 35.3 Å². The fourth-order valence-electron chi connectivity index (χ4n) is 2.89. The summed E-state index contributed by atoms with van der Waals surface area (Å²) in [6.45, 7) is 6.29. The van der Waals surface area contributed by atoms with Crippen LogP contribution in [0.5, 0.6) is 0 Å². The molecule has 1 aliphatic rings. The lowest BCUT2D eigenvalue weighted by Gasteiger charge is -2.32. The predicted molar refractivity (Wildman–Crippen MR) is 102 cm³/mol. The number of rotatable bonds is 8. The molecule has 0 radical (unpaired) electrons. The summed E-state index contributed by atoms with van der Waals surface area (Å²) in [5.74, 6) is -1.28. The average molecular weight is 413 g/mol. The second-order valence-corrected chi connectivity index (χ2v) is 7.26. The van der Waals surface area contributed by atoms with Gasteiger partial charge in [0, 0.05) is 25.3 Å². The van der Waals surface area contributed by atoms with Crippen molar-refractivity contribution in [3.8, 4) is 0 Å². The molecule has 4 atom stereocenters. The molecule has 1 aromatic rings. The van der Waals surface area contributed by atoms with Crippen LogP contribution in [0.3, 0.4) is 0 Å². The zero-order valence-electron chi connectivity index (χ0n) is 16.6. The van der Waals surface area contributed by atoms with E-state index in [2.05, 4.69) is 11.6 Å². The maximum atomic E-state index is 13.0. The van der Waals surface area contributed by atoms with E-state index in [-0.39, 0.29) is 18.0 Å². The third-order valence-electron chi connectivity index (χ3n) is 4.96. The van der Waals surface area contributed by atoms with E-state index >= 15 is 0 Å². The zero-order valence-corrected chi connectivity index (χ0v) is 16.6. The first-order valence-corrected chi connectivity index (χ1v) is 8.93. The minimum Gasteiger partial charge on any atom is -0.462 e. The minimum atomic E-state index is -2.47. The maximum Gasteiger partial charge on any atom is 0.363 e. The first kappa shape index (κ1) is 23.0. The van der Waals surface area contributed by atoms with Gasteiger partial charge in [0.1, 0.15) is 24.1 Å². The van der Waals surface area contributed by atoms with Crippen LogP contribution in [0.1, 0.15) is 25.8 Å². The number of carbonyl (C=O) groups is 1. The second kappa shape index (κ2) is 8.59. The van der Waals surface area contributed by atoms with Crippen LogP contribution in [0.15, 0.2) is 17.6 Å². The summed E-state index contributed by atoms with van der Waals surface area (Å²) in [6.07, 6.45) is -2.22. The largest absolute Gasteiger partial charge is 0.462 e. The van der Waals surface area contributed by atoms with Crippen LogP contribution in [0.4, 0.5) is 5.82 Å². The molecule has 162 valence electrons. The number of aliphatic hydroxyl groups excluding tert-OH is 3. The highest BCUT2D eigenvalue weighted by Crippen LogP contribution is 2.36. The number of hydrogen-bond donors (Lipinski definition) is 4. The van der Waals surface area contributed by atoms with Crippen molar-refractivity contribution in [2.75, 3.05) is 26.1 Å². The van der Waals surface area contributed by atoms with E-state index in [1.165, 1.54) is 13.2 Å². The third-order valence-corrected chi connectivity index (χ3v) is 4.96. The molecule has 5 N–H and O–H groups in total. The normalized spacial score (nSPS) is 27.0.